The van der Waals surface area contributed by atoms with Crippen molar-refractivity contribution in [1.29, 1.82) is 0 Å². The first-order valence-electron chi connectivity index (χ1n) is 31.1. The van der Waals surface area contributed by atoms with E-state index in [0.717, 1.165) is 85.6 Å². The van der Waals surface area contributed by atoms with Gasteiger partial charge in [-0.05, 0) is 167 Å². The number of anilines is 5. The number of furan rings is 2. The third-order valence-corrected chi connectivity index (χ3v) is 20.4. The van der Waals surface area contributed by atoms with Gasteiger partial charge in [-0.2, -0.15) is 0 Å². The van der Waals surface area contributed by atoms with Crippen LogP contribution >= 0.6 is 0 Å². The van der Waals surface area contributed by atoms with Crippen molar-refractivity contribution >= 4 is 79.1 Å². The fraction of sp³-hybridized carbons (Fsp3) is 0.235. The molecule has 12 aromatic rings. The summed E-state index contributed by atoms with van der Waals surface area (Å²) in [6.45, 7) is 28.2. The van der Waals surface area contributed by atoms with Crippen LogP contribution in [0.3, 0.4) is 0 Å². The van der Waals surface area contributed by atoms with E-state index >= 15 is 0 Å². The Labute approximate surface area is 507 Å². The van der Waals surface area contributed by atoms with Gasteiger partial charge in [0.25, 0.3) is 0 Å². The highest BCUT2D eigenvalue weighted by molar-refractivity contribution is 6.94. The van der Waals surface area contributed by atoms with Crippen LogP contribution in [0, 0.1) is 0 Å². The lowest BCUT2D eigenvalue weighted by Gasteiger charge is -2.47. The van der Waals surface area contributed by atoms with Crippen molar-refractivity contribution in [2.24, 2.45) is 0 Å². The molecule has 2 aliphatic heterocycles. The SMILES string of the molecule is CC(C)(C)c1ccc(N2B3c4cc5oc(-c6ccccc6)c(-c6ccccc6)c5cc4N(c4ccc(C(C)(C)C)cc4-c4ccccc4)c4cc5c(c(c43)-c3cc4c(cc32)oc2cc3c(cc24)C(C)(C)CCC3(C)C)C(C)(C)c2ccccc2-5)cc1. The van der Waals surface area contributed by atoms with Gasteiger partial charge in [-0.1, -0.05) is 217 Å². The number of nitrogens with zero attached hydrogens (tertiary/aromatic N) is 2. The molecule has 0 amide bonds. The molecule has 0 radical (unpaired) electrons. The fourth-order valence-electron chi connectivity index (χ4n) is 15.6. The summed E-state index contributed by atoms with van der Waals surface area (Å²) in [4.78, 5) is 5.33. The molecular formula is C81H73BN2O2. The summed E-state index contributed by atoms with van der Waals surface area (Å²) in [5.41, 5.74) is 29.2. The van der Waals surface area contributed by atoms with E-state index in [1.165, 1.54) is 88.8 Å². The van der Waals surface area contributed by atoms with E-state index < -0.39 is 0 Å². The minimum Gasteiger partial charge on any atom is -0.456 e. The second-order valence-corrected chi connectivity index (χ2v) is 29.1. The predicted molar refractivity (Wildman–Crippen MR) is 364 cm³/mol. The first-order valence-corrected chi connectivity index (χ1v) is 31.1. The third-order valence-electron chi connectivity index (χ3n) is 20.4. The van der Waals surface area contributed by atoms with Crippen molar-refractivity contribution in [3.8, 4) is 55.8 Å². The molecule has 5 heteroatoms. The second kappa shape index (κ2) is 18.1. The van der Waals surface area contributed by atoms with Gasteiger partial charge in [-0.3, -0.25) is 0 Å². The smallest absolute Gasteiger partial charge is 0.333 e. The van der Waals surface area contributed by atoms with E-state index in [9.17, 15) is 0 Å². The standard InChI is InChI=1S/C81H73BN2O2/c1-77(2,3)51-32-35-53(36-33-51)84-66-47-71-56(57-42-62-63(45-69(57)85-71)80(9,10)39-38-79(62,7)8)41-59(66)73-74-58(54-30-22-23-31-61(54)81(74,11)12)43-68-75(73)82(84)64-46-70-60(72(49-26-18-14-19-27-49)76(86-70)50-28-20-15-21-29-50)44-67(64)83(68)65-37-34-52(78(4,5)6)40-55(65)48-24-16-13-17-25-48/h13-37,40-47H,38-39H2,1-12H3. The molecule has 2 aliphatic carbocycles. The van der Waals surface area contributed by atoms with Crippen molar-refractivity contribution in [3.63, 3.8) is 0 Å². The first-order chi connectivity index (χ1) is 41.2. The number of hydrogen-bond donors (Lipinski definition) is 0. The van der Waals surface area contributed by atoms with Crippen molar-refractivity contribution in [1.82, 2.24) is 0 Å². The molecule has 10 aromatic carbocycles. The highest BCUT2D eigenvalue weighted by atomic mass is 16.3. The lowest BCUT2D eigenvalue weighted by molar-refractivity contribution is 0.332. The molecule has 0 saturated carbocycles. The third kappa shape index (κ3) is 7.68. The average molecular weight is 1120 g/mol. The molecule has 4 aliphatic rings. The zero-order valence-electron chi connectivity index (χ0n) is 51.8. The van der Waals surface area contributed by atoms with E-state index in [4.69, 9.17) is 8.83 Å². The summed E-state index contributed by atoms with van der Waals surface area (Å²) in [7, 11) is 0. The molecule has 0 spiro atoms. The Hall–Kier alpha value is -8.80. The Kier molecular flexibility index (Phi) is 11.1. The summed E-state index contributed by atoms with van der Waals surface area (Å²) in [5.74, 6) is 0.861. The van der Waals surface area contributed by atoms with Crippen LogP contribution in [0.25, 0.3) is 88.7 Å². The zero-order chi connectivity index (χ0) is 59.1. The van der Waals surface area contributed by atoms with Crippen molar-refractivity contribution in [2.75, 3.05) is 9.71 Å². The Bertz CT molecular complexity index is 4800. The maximum Gasteiger partial charge on any atom is 0.333 e. The van der Waals surface area contributed by atoms with Gasteiger partial charge in [-0.25, -0.2) is 0 Å². The topological polar surface area (TPSA) is 32.8 Å². The number of rotatable bonds is 5. The minimum atomic E-state index is -0.356. The van der Waals surface area contributed by atoms with Gasteiger partial charge >= 0.3 is 6.85 Å². The van der Waals surface area contributed by atoms with Crippen LogP contribution in [-0.4, -0.2) is 6.85 Å². The van der Waals surface area contributed by atoms with Crippen LogP contribution in [0.5, 0.6) is 0 Å². The molecule has 0 bridgehead atoms. The van der Waals surface area contributed by atoms with Crippen LogP contribution < -0.4 is 20.6 Å². The molecular weight excluding hydrogens is 1040 g/mol. The first kappa shape index (κ1) is 52.7. The Balaban J connectivity index is 1.10. The normalized spacial score (nSPS) is 16.0. The Morgan fingerprint density at radius 3 is 1.66 bits per heavy atom. The fourth-order valence-corrected chi connectivity index (χ4v) is 15.6. The molecule has 0 atom stereocenters. The highest BCUT2D eigenvalue weighted by Gasteiger charge is 2.51. The monoisotopic (exact) mass is 1120 g/mol. The van der Waals surface area contributed by atoms with Gasteiger partial charge in [0.2, 0.25) is 0 Å². The molecule has 2 aromatic heterocycles. The molecule has 4 nitrogen and oxygen atoms in total. The van der Waals surface area contributed by atoms with Gasteiger partial charge in [0.05, 0.1) is 5.69 Å². The van der Waals surface area contributed by atoms with E-state index in [1.807, 2.05) is 0 Å². The average Bonchev–Trinajstić information content (AvgIpc) is 1.25. The van der Waals surface area contributed by atoms with E-state index in [2.05, 4.69) is 293 Å². The molecule has 86 heavy (non-hydrogen) atoms. The molecule has 4 heterocycles. The molecule has 16 rings (SSSR count). The molecule has 0 saturated heterocycles. The van der Waals surface area contributed by atoms with Crippen LogP contribution in [-0.2, 0) is 27.1 Å². The van der Waals surface area contributed by atoms with Crippen LogP contribution in [0.2, 0.25) is 0 Å². The minimum absolute atomic E-state index is 0.0267. The van der Waals surface area contributed by atoms with Crippen LogP contribution in [0.15, 0.2) is 209 Å². The van der Waals surface area contributed by atoms with E-state index in [1.54, 1.807) is 0 Å². The van der Waals surface area contributed by atoms with Crippen LogP contribution in [0.4, 0.5) is 28.4 Å². The quantitative estimate of drug-likeness (QED) is 0.161. The highest BCUT2D eigenvalue weighted by Crippen LogP contribution is 2.60. The summed E-state index contributed by atoms with van der Waals surface area (Å²) >= 11 is 0. The zero-order valence-corrected chi connectivity index (χ0v) is 51.8. The maximum atomic E-state index is 7.45. The summed E-state index contributed by atoms with van der Waals surface area (Å²) in [5, 5.41) is 3.40. The largest absolute Gasteiger partial charge is 0.456 e. The predicted octanol–water partition coefficient (Wildman–Crippen LogP) is 21.3. The molecule has 0 unspecified atom stereocenters. The van der Waals surface area contributed by atoms with Crippen molar-refractivity contribution in [2.45, 2.75) is 123 Å². The van der Waals surface area contributed by atoms with Crippen molar-refractivity contribution in [3.05, 3.63) is 234 Å². The molecule has 422 valence electrons. The van der Waals surface area contributed by atoms with E-state index in [-0.39, 0.29) is 33.9 Å². The lowest BCUT2D eigenvalue weighted by Crippen LogP contribution is -2.62. The molecule has 0 N–H and O–H groups in total. The van der Waals surface area contributed by atoms with Gasteiger partial charge in [0, 0.05) is 72.6 Å². The number of benzene rings is 10. The lowest BCUT2D eigenvalue weighted by atomic mass is 9.42. The van der Waals surface area contributed by atoms with Crippen molar-refractivity contribution < 1.29 is 8.83 Å². The Morgan fingerprint density at radius 2 is 0.988 bits per heavy atom. The second-order valence-electron chi connectivity index (χ2n) is 29.1. The molecule has 0 fully saturated rings. The van der Waals surface area contributed by atoms with Gasteiger partial charge < -0.3 is 18.5 Å². The van der Waals surface area contributed by atoms with Gasteiger partial charge in [0.1, 0.15) is 22.5 Å². The number of fused-ring (bicyclic) bond motifs is 13. The Morgan fingerprint density at radius 1 is 0.407 bits per heavy atom. The van der Waals surface area contributed by atoms with E-state index in [0.29, 0.717) is 0 Å². The summed E-state index contributed by atoms with van der Waals surface area (Å²) in [6, 6.07) is 75.9. The summed E-state index contributed by atoms with van der Waals surface area (Å²) in [6.07, 6.45) is 2.28. The van der Waals surface area contributed by atoms with Gasteiger partial charge in [0.15, 0.2) is 0 Å². The van der Waals surface area contributed by atoms with Crippen LogP contribution in [0.1, 0.15) is 129 Å². The number of hydrogen-bond acceptors (Lipinski definition) is 4. The van der Waals surface area contributed by atoms with Gasteiger partial charge in [-0.15, -0.1) is 0 Å². The summed E-state index contributed by atoms with van der Waals surface area (Å²) < 4.78 is 14.8. The maximum absolute atomic E-state index is 7.45.